The van der Waals surface area contributed by atoms with E-state index in [0.717, 1.165) is 17.1 Å². The third-order valence-electron chi connectivity index (χ3n) is 3.83. The standard InChI is InChI=1S/C16H23N3/c1-11-6-7-14(8-12(11)2)19-13(3)9-15(18-19)16(4,5)10-17/h6-9H,10,17H2,1-5H3. The van der Waals surface area contributed by atoms with Gasteiger partial charge in [-0.2, -0.15) is 5.10 Å². The number of hydrogen-bond donors (Lipinski definition) is 1. The van der Waals surface area contributed by atoms with Crippen molar-refractivity contribution >= 4 is 0 Å². The second kappa shape index (κ2) is 4.82. The van der Waals surface area contributed by atoms with E-state index in [1.54, 1.807) is 0 Å². The van der Waals surface area contributed by atoms with Gasteiger partial charge in [-0.1, -0.05) is 19.9 Å². The molecule has 0 saturated heterocycles. The van der Waals surface area contributed by atoms with E-state index < -0.39 is 0 Å². The molecule has 0 saturated carbocycles. The first-order chi connectivity index (χ1) is 8.85. The number of aryl methyl sites for hydroxylation is 3. The molecule has 0 spiro atoms. The van der Waals surface area contributed by atoms with Gasteiger partial charge in [-0.15, -0.1) is 0 Å². The van der Waals surface area contributed by atoms with Crippen molar-refractivity contribution in [3.05, 3.63) is 46.8 Å². The van der Waals surface area contributed by atoms with Gasteiger partial charge in [0.2, 0.25) is 0 Å². The number of nitrogens with two attached hydrogens (primary N) is 1. The van der Waals surface area contributed by atoms with E-state index in [2.05, 4.69) is 58.9 Å². The Labute approximate surface area is 115 Å². The molecular weight excluding hydrogens is 234 g/mol. The summed E-state index contributed by atoms with van der Waals surface area (Å²) in [5.41, 5.74) is 11.6. The Kier molecular flexibility index (Phi) is 3.50. The predicted molar refractivity (Wildman–Crippen MR) is 79.9 cm³/mol. The molecule has 2 rings (SSSR count). The number of benzene rings is 1. The molecule has 0 atom stereocenters. The fourth-order valence-corrected chi connectivity index (χ4v) is 2.03. The molecule has 1 aromatic carbocycles. The first-order valence-corrected chi connectivity index (χ1v) is 6.70. The molecule has 102 valence electrons. The van der Waals surface area contributed by atoms with Crippen LogP contribution in [-0.4, -0.2) is 16.3 Å². The summed E-state index contributed by atoms with van der Waals surface area (Å²) < 4.78 is 2.00. The van der Waals surface area contributed by atoms with Gasteiger partial charge in [-0.25, -0.2) is 4.68 Å². The zero-order valence-electron chi connectivity index (χ0n) is 12.5. The maximum atomic E-state index is 5.83. The Bertz CT molecular complexity index is 594. The lowest BCUT2D eigenvalue weighted by molar-refractivity contribution is 0.515. The number of rotatable bonds is 3. The van der Waals surface area contributed by atoms with E-state index in [-0.39, 0.29) is 5.41 Å². The molecule has 0 fully saturated rings. The normalized spacial score (nSPS) is 11.9. The Balaban J connectivity index is 2.49. The molecule has 1 heterocycles. The third-order valence-corrected chi connectivity index (χ3v) is 3.83. The van der Waals surface area contributed by atoms with Gasteiger partial charge in [0, 0.05) is 17.7 Å². The second-order valence-electron chi connectivity index (χ2n) is 5.94. The molecule has 0 aliphatic rings. The van der Waals surface area contributed by atoms with Gasteiger partial charge < -0.3 is 5.73 Å². The summed E-state index contributed by atoms with van der Waals surface area (Å²) in [5.74, 6) is 0. The molecule has 3 nitrogen and oxygen atoms in total. The zero-order valence-corrected chi connectivity index (χ0v) is 12.5. The molecule has 0 bridgehead atoms. The molecule has 19 heavy (non-hydrogen) atoms. The summed E-state index contributed by atoms with van der Waals surface area (Å²) in [5, 5.41) is 4.73. The Hall–Kier alpha value is -1.61. The van der Waals surface area contributed by atoms with Gasteiger partial charge >= 0.3 is 0 Å². The summed E-state index contributed by atoms with van der Waals surface area (Å²) in [6.45, 7) is 11.2. The summed E-state index contributed by atoms with van der Waals surface area (Å²) in [7, 11) is 0. The van der Waals surface area contributed by atoms with Gasteiger partial charge in [0.05, 0.1) is 11.4 Å². The molecule has 0 aliphatic heterocycles. The quantitative estimate of drug-likeness (QED) is 0.918. The predicted octanol–water partition coefficient (Wildman–Crippen LogP) is 3.03. The summed E-state index contributed by atoms with van der Waals surface area (Å²) in [6.07, 6.45) is 0. The van der Waals surface area contributed by atoms with Crippen LogP contribution in [0.25, 0.3) is 5.69 Å². The average Bonchev–Trinajstić information content (AvgIpc) is 2.76. The first kappa shape index (κ1) is 13.8. The molecule has 3 heteroatoms. The van der Waals surface area contributed by atoms with Crippen molar-refractivity contribution in [1.82, 2.24) is 9.78 Å². The lowest BCUT2D eigenvalue weighted by Crippen LogP contribution is -2.28. The second-order valence-corrected chi connectivity index (χ2v) is 5.94. The van der Waals surface area contributed by atoms with E-state index in [1.165, 1.54) is 11.1 Å². The van der Waals surface area contributed by atoms with Crippen molar-refractivity contribution in [2.75, 3.05) is 6.54 Å². The van der Waals surface area contributed by atoms with Crippen LogP contribution < -0.4 is 5.73 Å². The minimum Gasteiger partial charge on any atom is -0.330 e. The summed E-state index contributed by atoms with van der Waals surface area (Å²) in [4.78, 5) is 0. The molecule has 2 aromatic rings. The van der Waals surface area contributed by atoms with Crippen molar-refractivity contribution in [1.29, 1.82) is 0 Å². The van der Waals surface area contributed by atoms with Crippen LogP contribution in [-0.2, 0) is 5.41 Å². The lowest BCUT2D eigenvalue weighted by Gasteiger charge is -2.19. The van der Waals surface area contributed by atoms with E-state index in [4.69, 9.17) is 10.8 Å². The van der Waals surface area contributed by atoms with Crippen molar-refractivity contribution in [2.24, 2.45) is 5.73 Å². The summed E-state index contributed by atoms with van der Waals surface area (Å²) >= 11 is 0. The molecular formula is C16H23N3. The van der Waals surface area contributed by atoms with Gasteiger partial charge in [-0.3, -0.25) is 0 Å². The molecule has 0 unspecified atom stereocenters. The van der Waals surface area contributed by atoms with E-state index >= 15 is 0 Å². The largest absolute Gasteiger partial charge is 0.330 e. The topological polar surface area (TPSA) is 43.8 Å². The number of aromatic nitrogens is 2. The van der Waals surface area contributed by atoms with Gasteiger partial charge in [0.15, 0.2) is 0 Å². The molecule has 0 amide bonds. The molecule has 0 aliphatic carbocycles. The van der Waals surface area contributed by atoms with E-state index in [0.29, 0.717) is 6.54 Å². The maximum absolute atomic E-state index is 5.83. The van der Waals surface area contributed by atoms with Gasteiger partial charge in [0.25, 0.3) is 0 Å². The zero-order chi connectivity index (χ0) is 14.2. The smallest absolute Gasteiger partial charge is 0.0700 e. The highest BCUT2D eigenvalue weighted by Crippen LogP contribution is 2.23. The Morgan fingerprint density at radius 1 is 1.11 bits per heavy atom. The van der Waals surface area contributed by atoms with E-state index in [9.17, 15) is 0 Å². The number of nitrogens with zero attached hydrogens (tertiary/aromatic N) is 2. The monoisotopic (exact) mass is 257 g/mol. The van der Waals surface area contributed by atoms with Crippen molar-refractivity contribution in [3.8, 4) is 5.69 Å². The van der Waals surface area contributed by atoms with Crippen molar-refractivity contribution in [2.45, 2.75) is 40.0 Å². The van der Waals surface area contributed by atoms with Crippen LogP contribution in [0.15, 0.2) is 24.3 Å². The third kappa shape index (κ3) is 2.56. The highest BCUT2D eigenvalue weighted by molar-refractivity contribution is 5.40. The first-order valence-electron chi connectivity index (χ1n) is 6.70. The van der Waals surface area contributed by atoms with E-state index in [1.807, 2.05) is 4.68 Å². The Morgan fingerprint density at radius 3 is 2.37 bits per heavy atom. The molecule has 0 radical (unpaired) electrons. The van der Waals surface area contributed by atoms with Crippen molar-refractivity contribution < 1.29 is 0 Å². The van der Waals surface area contributed by atoms with Gasteiger partial charge in [0.1, 0.15) is 0 Å². The SMILES string of the molecule is Cc1ccc(-n2nc(C(C)(C)CN)cc2C)cc1C. The highest BCUT2D eigenvalue weighted by Gasteiger charge is 2.23. The minimum absolute atomic E-state index is 0.0875. The average molecular weight is 257 g/mol. The van der Waals surface area contributed by atoms with Crippen molar-refractivity contribution in [3.63, 3.8) is 0 Å². The number of hydrogen-bond acceptors (Lipinski definition) is 2. The molecule has 1 aromatic heterocycles. The fourth-order valence-electron chi connectivity index (χ4n) is 2.03. The lowest BCUT2D eigenvalue weighted by atomic mass is 9.90. The van der Waals surface area contributed by atoms with Crippen LogP contribution in [0.1, 0.15) is 36.4 Å². The fraction of sp³-hybridized carbons (Fsp3) is 0.438. The minimum atomic E-state index is -0.0875. The van der Waals surface area contributed by atoms with Crippen LogP contribution in [0.3, 0.4) is 0 Å². The summed E-state index contributed by atoms with van der Waals surface area (Å²) in [6, 6.07) is 8.55. The van der Waals surface area contributed by atoms with Crippen LogP contribution in [0.4, 0.5) is 0 Å². The van der Waals surface area contributed by atoms with Crippen LogP contribution >= 0.6 is 0 Å². The maximum Gasteiger partial charge on any atom is 0.0700 e. The van der Waals surface area contributed by atoms with Crippen LogP contribution in [0.2, 0.25) is 0 Å². The van der Waals surface area contributed by atoms with Crippen LogP contribution in [0, 0.1) is 20.8 Å². The van der Waals surface area contributed by atoms with Crippen LogP contribution in [0.5, 0.6) is 0 Å². The van der Waals surface area contributed by atoms with Gasteiger partial charge in [-0.05, 0) is 50.1 Å². The molecule has 2 N–H and O–H groups in total. The Morgan fingerprint density at radius 2 is 1.79 bits per heavy atom. The highest BCUT2D eigenvalue weighted by atomic mass is 15.3.